The molecule has 2 fully saturated rings. The third-order valence-corrected chi connectivity index (χ3v) is 11.4. The van der Waals surface area contributed by atoms with Crippen molar-refractivity contribution in [2.24, 2.45) is 0 Å². The molecule has 2 heterocycles. The zero-order valence-electron chi connectivity index (χ0n) is 36.2. The lowest BCUT2D eigenvalue weighted by Crippen LogP contribution is -2.65. The molecule has 2 saturated heterocycles. The van der Waals surface area contributed by atoms with Gasteiger partial charge in [0.15, 0.2) is 12.6 Å². The number of allylic oxidation sites excluding steroid dienone is 3. The topological polar surface area (TPSA) is 228 Å². The van der Waals surface area contributed by atoms with Crippen molar-refractivity contribution in [3.63, 3.8) is 0 Å². The minimum absolute atomic E-state index is 0.252. The number of carbonyl (C=O) groups is 1. The molecule has 0 bridgehead atoms. The first-order chi connectivity index (χ1) is 28.6. The van der Waals surface area contributed by atoms with Crippen LogP contribution >= 0.6 is 0 Å². The predicted octanol–water partition coefficient (Wildman–Crippen LogP) is 4.60. The van der Waals surface area contributed by atoms with Gasteiger partial charge in [-0.3, -0.25) is 4.79 Å². The Labute approximate surface area is 354 Å². The summed E-state index contributed by atoms with van der Waals surface area (Å²) in [6, 6.07) is -0.923. The van der Waals surface area contributed by atoms with E-state index in [1.807, 2.05) is 6.08 Å². The molecule has 12 unspecified atom stereocenters. The molecule has 2 rings (SSSR count). The van der Waals surface area contributed by atoms with Gasteiger partial charge in [-0.05, 0) is 32.1 Å². The van der Waals surface area contributed by atoms with Crippen molar-refractivity contribution in [1.82, 2.24) is 5.32 Å². The molecular weight excluding hydrogens is 762 g/mol. The number of ether oxygens (including phenoxy) is 4. The SMILES string of the molecule is CCCCC/C=C/CC/C=C/C(O)C(COC1OC(CO)C(OC2OC(CO)C(O)C(O)C2O)C(O)C1O)NC(=O)CCCCCCCCCCCCCCCCCC. The van der Waals surface area contributed by atoms with Crippen LogP contribution < -0.4 is 5.32 Å². The van der Waals surface area contributed by atoms with Crippen molar-refractivity contribution in [2.45, 2.75) is 235 Å². The maximum absolute atomic E-state index is 13.1. The Morgan fingerprint density at radius 3 is 1.66 bits per heavy atom. The van der Waals surface area contributed by atoms with Crippen LogP contribution in [0.15, 0.2) is 24.3 Å². The highest BCUT2D eigenvalue weighted by atomic mass is 16.7. The zero-order chi connectivity index (χ0) is 43.3. The van der Waals surface area contributed by atoms with Gasteiger partial charge in [0, 0.05) is 6.42 Å². The number of aliphatic hydroxyl groups excluding tert-OH is 8. The zero-order valence-corrected chi connectivity index (χ0v) is 36.2. The van der Waals surface area contributed by atoms with Gasteiger partial charge < -0.3 is 65.1 Å². The fourth-order valence-corrected chi connectivity index (χ4v) is 7.54. The first kappa shape index (κ1) is 53.6. The van der Waals surface area contributed by atoms with E-state index in [1.165, 1.54) is 89.9 Å². The molecule has 0 aromatic heterocycles. The molecule has 14 nitrogen and oxygen atoms in total. The maximum Gasteiger partial charge on any atom is 0.220 e. The number of aliphatic hydroxyl groups is 8. The van der Waals surface area contributed by atoms with E-state index in [9.17, 15) is 45.6 Å². The summed E-state index contributed by atoms with van der Waals surface area (Å²) in [5, 5.41) is 86.3. The molecular formula is C45H83NO13. The Hall–Kier alpha value is -1.53. The number of unbranched alkanes of at least 4 members (excludes halogenated alkanes) is 19. The summed E-state index contributed by atoms with van der Waals surface area (Å²) >= 11 is 0. The van der Waals surface area contributed by atoms with Crippen molar-refractivity contribution >= 4 is 5.91 Å². The number of carbonyl (C=O) groups excluding carboxylic acids is 1. The van der Waals surface area contributed by atoms with Crippen LogP contribution in [0.1, 0.15) is 162 Å². The maximum atomic E-state index is 13.1. The molecule has 0 aromatic carbocycles. The number of hydrogen-bond acceptors (Lipinski definition) is 13. The Bertz CT molecular complexity index is 1090. The van der Waals surface area contributed by atoms with Gasteiger partial charge in [-0.15, -0.1) is 0 Å². The highest BCUT2D eigenvalue weighted by molar-refractivity contribution is 5.76. The van der Waals surface area contributed by atoms with Gasteiger partial charge in [0.2, 0.25) is 5.91 Å². The molecule has 0 saturated carbocycles. The summed E-state index contributed by atoms with van der Waals surface area (Å²) in [6.07, 6.45) is 16.7. The van der Waals surface area contributed by atoms with Gasteiger partial charge in [0.25, 0.3) is 0 Å². The van der Waals surface area contributed by atoms with Crippen LogP contribution in [0.4, 0.5) is 0 Å². The smallest absolute Gasteiger partial charge is 0.220 e. The molecule has 59 heavy (non-hydrogen) atoms. The standard InChI is InChI=1S/C45H83NO13/c1-3-5-7-9-11-13-14-15-16-17-18-19-21-23-25-27-29-37(50)46-33(34(49)28-26-24-22-20-12-10-8-6-4-2)32-56-44-42(55)40(53)43(36(31-48)58-44)59-45-41(54)39(52)38(51)35(30-47)57-45/h12,20,26,28,33-36,38-45,47-49,51-55H,3-11,13-19,21-25,27,29-32H2,1-2H3,(H,46,50)/b20-12+,28-26+. The second kappa shape index (κ2) is 33.1. The number of nitrogens with one attached hydrogen (secondary N) is 1. The van der Waals surface area contributed by atoms with Gasteiger partial charge in [0.05, 0.1) is 32.0 Å². The van der Waals surface area contributed by atoms with E-state index >= 15 is 0 Å². The summed E-state index contributed by atoms with van der Waals surface area (Å²) in [5.74, 6) is -0.252. The fraction of sp³-hybridized carbons (Fsp3) is 0.889. The van der Waals surface area contributed by atoms with Crippen LogP contribution in [-0.4, -0.2) is 140 Å². The van der Waals surface area contributed by atoms with Crippen LogP contribution in [0, 0.1) is 0 Å². The van der Waals surface area contributed by atoms with E-state index in [0.29, 0.717) is 12.8 Å². The van der Waals surface area contributed by atoms with Crippen molar-refractivity contribution in [1.29, 1.82) is 0 Å². The summed E-state index contributed by atoms with van der Waals surface area (Å²) in [5.41, 5.74) is 0. The van der Waals surface area contributed by atoms with E-state index in [-0.39, 0.29) is 18.9 Å². The second-order valence-electron chi connectivity index (χ2n) is 16.5. The van der Waals surface area contributed by atoms with Crippen LogP contribution in [0.25, 0.3) is 0 Å². The molecule has 12 atom stereocenters. The van der Waals surface area contributed by atoms with Crippen LogP contribution in [0.2, 0.25) is 0 Å². The Kier molecular flexibility index (Phi) is 30.1. The van der Waals surface area contributed by atoms with Gasteiger partial charge in [-0.25, -0.2) is 0 Å². The van der Waals surface area contributed by atoms with Crippen LogP contribution in [-0.2, 0) is 23.7 Å². The molecule has 0 spiro atoms. The van der Waals surface area contributed by atoms with Crippen molar-refractivity contribution < 1.29 is 64.6 Å². The molecule has 0 radical (unpaired) electrons. The fourth-order valence-electron chi connectivity index (χ4n) is 7.54. The average molecular weight is 846 g/mol. The highest BCUT2D eigenvalue weighted by Gasteiger charge is 2.50. The van der Waals surface area contributed by atoms with Gasteiger partial charge >= 0.3 is 0 Å². The molecule has 0 aromatic rings. The lowest BCUT2D eigenvalue weighted by Gasteiger charge is -2.46. The normalized spacial score (nSPS) is 28.7. The third kappa shape index (κ3) is 21.4. The Morgan fingerprint density at radius 2 is 1.08 bits per heavy atom. The van der Waals surface area contributed by atoms with E-state index in [1.54, 1.807) is 6.08 Å². The second-order valence-corrected chi connectivity index (χ2v) is 16.5. The average Bonchev–Trinajstić information content (AvgIpc) is 3.23. The summed E-state index contributed by atoms with van der Waals surface area (Å²) in [4.78, 5) is 13.1. The minimum Gasteiger partial charge on any atom is -0.394 e. The number of rotatable bonds is 34. The quantitative estimate of drug-likeness (QED) is 0.0319. The monoisotopic (exact) mass is 846 g/mol. The Balaban J connectivity index is 1.87. The van der Waals surface area contributed by atoms with E-state index < -0.39 is 86.8 Å². The lowest BCUT2D eigenvalue weighted by molar-refractivity contribution is -0.359. The van der Waals surface area contributed by atoms with Gasteiger partial charge in [0.1, 0.15) is 48.8 Å². The molecule has 2 aliphatic rings. The van der Waals surface area contributed by atoms with Gasteiger partial charge in [-0.2, -0.15) is 0 Å². The van der Waals surface area contributed by atoms with Crippen molar-refractivity contribution in [3.05, 3.63) is 24.3 Å². The number of hydrogen-bond donors (Lipinski definition) is 9. The predicted molar refractivity (Wildman–Crippen MR) is 226 cm³/mol. The number of amides is 1. The first-order valence-electron chi connectivity index (χ1n) is 23.1. The Morgan fingerprint density at radius 1 is 0.593 bits per heavy atom. The van der Waals surface area contributed by atoms with Gasteiger partial charge in [-0.1, -0.05) is 147 Å². The van der Waals surface area contributed by atoms with E-state index in [2.05, 4.69) is 31.3 Å². The molecule has 9 N–H and O–H groups in total. The minimum atomic E-state index is -1.79. The lowest BCUT2D eigenvalue weighted by atomic mass is 9.97. The van der Waals surface area contributed by atoms with Crippen LogP contribution in [0.5, 0.6) is 0 Å². The van der Waals surface area contributed by atoms with Crippen molar-refractivity contribution in [2.75, 3.05) is 19.8 Å². The largest absolute Gasteiger partial charge is 0.394 e. The first-order valence-corrected chi connectivity index (χ1v) is 23.1. The summed E-state index contributed by atoms with van der Waals surface area (Å²) < 4.78 is 22.6. The molecule has 0 aliphatic carbocycles. The molecule has 2 aliphatic heterocycles. The summed E-state index contributed by atoms with van der Waals surface area (Å²) in [7, 11) is 0. The van der Waals surface area contributed by atoms with E-state index in [0.717, 1.165) is 38.5 Å². The molecule has 14 heteroatoms. The van der Waals surface area contributed by atoms with Crippen molar-refractivity contribution in [3.8, 4) is 0 Å². The summed E-state index contributed by atoms with van der Waals surface area (Å²) in [6.45, 7) is 2.69. The highest BCUT2D eigenvalue weighted by Crippen LogP contribution is 2.30. The molecule has 1 amide bonds. The van der Waals surface area contributed by atoms with E-state index in [4.69, 9.17) is 18.9 Å². The molecule has 346 valence electrons. The van der Waals surface area contributed by atoms with Crippen LogP contribution in [0.3, 0.4) is 0 Å². The third-order valence-electron chi connectivity index (χ3n) is 11.4.